The lowest BCUT2D eigenvalue weighted by atomic mass is 9.98. The number of methoxy groups -OCH3 is 1. The quantitative estimate of drug-likeness (QED) is 0.364. The third-order valence-corrected chi connectivity index (χ3v) is 7.37. The van der Waals surface area contributed by atoms with Crippen LogP contribution in [0.3, 0.4) is 0 Å². The average molecular weight is 490 g/mol. The van der Waals surface area contributed by atoms with Crippen LogP contribution in [0.5, 0.6) is 0 Å². The number of benzene rings is 3. The van der Waals surface area contributed by atoms with Crippen molar-refractivity contribution in [3.63, 3.8) is 0 Å². The molecule has 35 heavy (non-hydrogen) atoms. The van der Waals surface area contributed by atoms with Gasteiger partial charge in [-0.3, -0.25) is 4.79 Å². The van der Waals surface area contributed by atoms with Crippen molar-refractivity contribution in [2.75, 3.05) is 19.5 Å². The molecule has 1 aromatic heterocycles. The molecular weight excluding hydrogens is 462 g/mol. The SMILES string of the molecule is COCCS(=O)(=O)c1ccc(C(=O)NCc2ccccc2-c2ccc(Cn3ccnc3)cc2)cc1. The molecule has 0 aliphatic rings. The van der Waals surface area contributed by atoms with Crippen molar-refractivity contribution < 1.29 is 17.9 Å². The number of imidazole rings is 1. The molecule has 0 radical (unpaired) electrons. The summed E-state index contributed by atoms with van der Waals surface area (Å²) in [6.45, 7) is 1.22. The lowest BCUT2D eigenvalue weighted by Crippen LogP contribution is -2.23. The molecule has 0 bridgehead atoms. The highest BCUT2D eigenvalue weighted by molar-refractivity contribution is 7.91. The summed E-state index contributed by atoms with van der Waals surface area (Å²) in [6.07, 6.45) is 5.48. The summed E-state index contributed by atoms with van der Waals surface area (Å²) >= 11 is 0. The third-order valence-electron chi connectivity index (χ3n) is 5.68. The monoisotopic (exact) mass is 489 g/mol. The number of carbonyl (C=O) groups excluding carboxylic acids is 1. The number of nitrogens with zero attached hydrogens (tertiary/aromatic N) is 2. The maximum absolute atomic E-state index is 12.7. The van der Waals surface area contributed by atoms with E-state index in [4.69, 9.17) is 4.74 Å². The van der Waals surface area contributed by atoms with Gasteiger partial charge in [-0.05, 0) is 46.5 Å². The predicted molar refractivity (Wildman–Crippen MR) is 135 cm³/mol. The third kappa shape index (κ3) is 6.23. The van der Waals surface area contributed by atoms with E-state index in [2.05, 4.69) is 34.6 Å². The fourth-order valence-corrected chi connectivity index (χ4v) is 4.91. The van der Waals surface area contributed by atoms with E-state index in [1.807, 2.05) is 35.0 Å². The summed E-state index contributed by atoms with van der Waals surface area (Å²) in [5.74, 6) is -0.368. The normalized spacial score (nSPS) is 11.3. The minimum absolute atomic E-state index is 0.101. The summed E-state index contributed by atoms with van der Waals surface area (Å²) in [7, 11) is -1.98. The van der Waals surface area contributed by atoms with Crippen LogP contribution >= 0.6 is 0 Å². The molecule has 0 spiro atoms. The van der Waals surface area contributed by atoms with Gasteiger partial charge in [-0.15, -0.1) is 0 Å². The first-order valence-corrected chi connectivity index (χ1v) is 12.8. The second-order valence-corrected chi connectivity index (χ2v) is 10.2. The second-order valence-electron chi connectivity index (χ2n) is 8.11. The van der Waals surface area contributed by atoms with Crippen molar-refractivity contribution in [2.45, 2.75) is 18.0 Å². The number of sulfone groups is 1. The number of aromatic nitrogens is 2. The van der Waals surface area contributed by atoms with E-state index in [0.29, 0.717) is 12.1 Å². The highest BCUT2D eigenvalue weighted by Gasteiger charge is 2.15. The molecule has 8 heteroatoms. The molecule has 0 saturated carbocycles. The number of carbonyl (C=O) groups is 1. The van der Waals surface area contributed by atoms with Crippen LogP contribution < -0.4 is 5.32 Å². The van der Waals surface area contributed by atoms with Crippen molar-refractivity contribution in [2.24, 2.45) is 0 Å². The van der Waals surface area contributed by atoms with Gasteiger partial charge in [-0.25, -0.2) is 13.4 Å². The molecule has 0 aliphatic carbocycles. The smallest absolute Gasteiger partial charge is 0.251 e. The second kappa shape index (κ2) is 11.1. The molecule has 0 unspecified atom stereocenters. The Labute approximate surface area is 205 Å². The first-order valence-electron chi connectivity index (χ1n) is 11.2. The molecule has 0 saturated heterocycles. The van der Waals surface area contributed by atoms with E-state index in [9.17, 15) is 13.2 Å². The molecular formula is C27H27N3O4S. The summed E-state index contributed by atoms with van der Waals surface area (Å²) < 4.78 is 31.4. The Hall–Kier alpha value is -3.75. The number of ether oxygens (including phenoxy) is 1. The number of hydrogen-bond donors (Lipinski definition) is 1. The Morgan fingerprint density at radius 1 is 1.00 bits per heavy atom. The Morgan fingerprint density at radius 3 is 2.43 bits per heavy atom. The van der Waals surface area contributed by atoms with Crippen LogP contribution in [0.25, 0.3) is 11.1 Å². The lowest BCUT2D eigenvalue weighted by molar-refractivity contribution is 0.0951. The summed E-state index contributed by atoms with van der Waals surface area (Å²) in [4.78, 5) is 17.0. The molecule has 1 amide bonds. The van der Waals surface area contributed by atoms with Gasteiger partial charge in [-0.2, -0.15) is 0 Å². The zero-order valence-corrected chi connectivity index (χ0v) is 20.2. The number of nitrogens with one attached hydrogen (secondary N) is 1. The van der Waals surface area contributed by atoms with E-state index < -0.39 is 9.84 Å². The minimum atomic E-state index is -3.44. The molecule has 0 fully saturated rings. The Balaban J connectivity index is 1.42. The van der Waals surface area contributed by atoms with Crippen LogP contribution in [-0.4, -0.2) is 43.3 Å². The largest absolute Gasteiger partial charge is 0.384 e. The van der Waals surface area contributed by atoms with E-state index in [-0.39, 0.29) is 23.2 Å². The number of rotatable bonds is 10. The van der Waals surface area contributed by atoms with E-state index >= 15 is 0 Å². The van der Waals surface area contributed by atoms with Crippen molar-refractivity contribution in [3.8, 4) is 11.1 Å². The first kappa shape index (κ1) is 24.4. The molecule has 1 heterocycles. The fraction of sp³-hybridized carbons (Fsp3) is 0.185. The standard InChI is InChI=1S/C27H27N3O4S/c1-34-16-17-35(32,33)25-12-10-23(11-13-25)27(31)29-18-24-4-2-3-5-26(24)22-8-6-21(7-9-22)19-30-15-14-28-20-30/h2-15,20H,16-19H2,1H3,(H,29,31). The van der Waals surface area contributed by atoms with Crippen LogP contribution in [0.4, 0.5) is 0 Å². The minimum Gasteiger partial charge on any atom is -0.384 e. The maximum atomic E-state index is 12.7. The van der Waals surface area contributed by atoms with Gasteiger partial charge in [0.05, 0.1) is 23.6 Å². The van der Waals surface area contributed by atoms with Gasteiger partial charge in [-0.1, -0.05) is 48.5 Å². The van der Waals surface area contributed by atoms with Crippen molar-refractivity contribution in [1.29, 1.82) is 0 Å². The topological polar surface area (TPSA) is 90.3 Å². The van der Waals surface area contributed by atoms with Gasteiger partial charge in [0.25, 0.3) is 5.91 Å². The van der Waals surface area contributed by atoms with Gasteiger partial charge in [0.1, 0.15) is 0 Å². The zero-order chi connectivity index (χ0) is 24.7. The van der Waals surface area contributed by atoms with Crippen LogP contribution in [-0.2, 0) is 27.7 Å². The Bertz CT molecular complexity index is 1360. The molecule has 4 rings (SSSR count). The number of amides is 1. The van der Waals surface area contributed by atoms with Gasteiger partial charge >= 0.3 is 0 Å². The molecule has 1 N–H and O–H groups in total. The molecule has 3 aromatic carbocycles. The lowest BCUT2D eigenvalue weighted by Gasteiger charge is -2.12. The van der Waals surface area contributed by atoms with E-state index in [1.54, 1.807) is 12.5 Å². The maximum Gasteiger partial charge on any atom is 0.251 e. The van der Waals surface area contributed by atoms with Crippen LogP contribution in [0.2, 0.25) is 0 Å². The molecule has 0 aliphatic heterocycles. The van der Waals surface area contributed by atoms with Crippen LogP contribution in [0, 0.1) is 0 Å². The highest BCUT2D eigenvalue weighted by Crippen LogP contribution is 2.24. The van der Waals surface area contributed by atoms with E-state index in [0.717, 1.165) is 23.2 Å². The molecule has 7 nitrogen and oxygen atoms in total. The molecule has 180 valence electrons. The van der Waals surface area contributed by atoms with E-state index in [1.165, 1.54) is 36.9 Å². The van der Waals surface area contributed by atoms with Crippen LogP contribution in [0.15, 0.2) is 96.4 Å². The zero-order valence-electron chi connectivity index (χ0n) is 19.4. The van der Waals surface area contributed by atoms with Crippen molar-refractivity contribution in [1.82, 2.24) is 14.9 Å². The fourth-order valence-electron chi connectivity index (χ4n) is 3.74. The Kier molecular flexibility index (Phi) is 7.74. The number of hydrogen-bond acceptors (Lipinski definition) is 5. The first-order chi connectivity index (χ1) is 17.0. The van der Waals surface area contributed by atoms with Gasteiger partial charge in [0.2, 0.25) is 0 Å². The Morgan fingerprint density at radius 2 is 1.74 bits per heavy atom. The average Bonchev–Trinajstić information content (AvgIpc) is 3.40. The van der Waals surface area contributed by atoms with Crippen LogP contribution in [0.1, 0.15) is 21.5 Å². The van der Waals surface area contributed by atoms with Gasteiger partial charge < -0.3 is 14.6 Å². The summed E-state index contributed by atoms with van der Waals surface area (Å²) in [6, 6.07) is 22.2. The van der Waals surface area contributed by atoms with Crippen molar-refractivity contribution in [3.05, 3.63) is 108 Å². The summed E-state index contributed by atoms with van der Waals surface area (Å²) in [5.41, 5.74) is 4.67. The summed E-state index contributed by atoms with van der Waals surface area (Å²) in [5, 5.41) is 2.94. The molecule has 4 aromatic rings. The van der Waals surface area contributed by atoms with Gasteiger partial charge in [0.15, 0.2) is 9.84 Å². The molecule has 0 atom stereocenters. The van der Waals surface area contributed by atoms with Gasteiger partial charge in [0, 0.05) is 38.2 Å². The predicted octanol–water partition coefficient (Wildman–Crippen LogP) is 3.95. The van der Waals surface area contributed by atoms with Crippen molar-refractivity contribution >= 4 is 15.7 Å². The highest BCUT2D eigenvalue weighted by atomic mass is 32.2.